The van der Waals surface area contributed by atoms with Gasteiger partial charge in [-0.25, -0.2) is 0 Å². The molecule has 1 fully saturated rings. The Bertz CT molecular complexity index is 716. The minimum absolute atomic E-state index is 0.0626. The van der Waals surface area contributed by atoms with E-state index in [-0.39, 0.29) is 18.5 Å². The SMILES string of the molecule is C[C@H](CN(C(=O)c1cccc2ccccc12)C1CC1)C(=O)O. The molecule has 1 aliphatic rings. The molecule has 2 aromatic rings. The van der Waals surface area contributed by atoms with Gasteiger partial charge in [-0.05, 0) is 29.7 Å². The number of rotatable bonds is 5. The van der Waals surface area contributed by atoms with E-state index in [1.165, 1.54) is 0 Å². The van der Waals surface area contributed by atoms with E-state index in [1.54, 1.807) is 11.8 Å². The van der Waals surface area contributed by atoms with Crippen molar-refractivity contribution in [3.8, 4) is 0 Å². The first-order chi connectivity index (χ1) is 10.6. The predicted molar refractivity (Wildman–Crippen MR) is 84.8 cm³/mol. The minimum Gasteiger partial charge on any atom is -0.481 e. The Labute approximate surface area is 129 Å². The molecule has 0 heterocycles. The highest BCUT2D eigenvalue weighted by Gasteiger charge is 2.35. The van der Waals surface area contributed by atoms with Crippen LogP contribution < -0.4 is 0 Å². The van der Waals surface area contributed by atoms with Gasteiger partial charge >= 0.3 is 5.97 Å². The molecule has 4 nitrogen and oxygen atoms in total. The van der Waals surface area contributed by atoms with E-state index < -0.39 is 11.9 Å². The van der Waals surface area contributed by atoms with Crippen LogP contribution in [0, 0.1) is 5.92 Å². The van der Waals surface area contributed by atoms with Crippen LogP contribution >= 0.6 is 0 Å². The van der Waals surface area contributed by atoms with Gasteiger partial charge in [0.15, 0.2) is 0 Å². The van der Waals surface area contributed by atoms with Crippen molar-refractivity contribution in [3.05, 3.63) is 48.0 Å². The summed E-state index contributed by atoms with van der Waals surface area (Å²) in [4.78, 5) is 25.8. The molecule has 1 amide bonds. The Morgan fingerprint density at radius 1 is 1.18 bits per heavy atom. The molecule has 0 aromatic heterocycles. The average Bonchev–Trinajstić information content (AvgIpc) is 3.35. The fourth-order valence-electron chi connectivity index (χ4n) is 2.72. The molecule has 1 atom stereocenters. The van der Waals surface area contributed by atoms with Crippen molar-refractivity contribution in [2.45, 2.75) is 25.8 Å². The minimum atomic E-state index is -0.864. The van der Waals surface area contributed by atoms with E-state index in [2.05, 4.69) is 0 Å². The highest BCUT2D eigenvalue weighted by Crippen LogP contribution is 2.30. The van der Waals surface area contributed by atoms with Crippen molar-refractivity contribution in [2.75, 3.05) is 6.54 Å². The van der Waals surface area contributed by atoms with Crippen LogP contribution in [0.4, 0.5) is 0 Å². The summed E-state index contributed by atoms with van der Waals surface area (Å²) in [7, 11) is 0. The lowest BCUT2D eigenvalue weighted by atomic mass is 10.0. The van der Waals surface area contributed by atoms with Crippen molar-refractivity contribution in [2.24, 2.45) is 5.92 Å². The predicted octanol–water partition coefficient (Wildman–Crippen LogP) is 3.17. The molecule has 1 aliphatic carbocycles. The van der Waals surface area contributed by atoms with Gasteiger partial charge in [-0.2, -0.15) is 0 Å². The topological polar surface area (TPSA) is 57.6 Å². The first-order valence-corrected chi connectivity index (χ1v) is 7.59. The Morgan fingerprint density at radius 3 is 2.55 bits per heavy atom. The number of hydrogen-bond donors (Lipinski definition) is 1. The van der Waals surface area contributed by atoms with E-state index >= 15 is 0 Å². The normalized spacial score (nSPS) is 15.5. The highest BCUT2D eigenvalue weighted by molar-refractivity contribution is 6.07. The Hall–Kier alpha value is -2.36. The molecular weight excluding hydrogens is 278 g/mol. The lowest BCUT2D eigenvalue weighted by molar-refractivity contribution is -0.141. The number of fused-ring (bicyclic) bond motifs is 1. The van der Waals surface area contributed by atoms with Crippen molar-refractivity contribution in [1.82, 2.24) is 4.90 Å². The molecule has 0 saturated heterocycles. The summed E-state index contributed by atoms with van der Waals surface area (Å²) >= 11 is 0. The van der Waals surface area contributed by atoms with Crippen LogP contribution in [0.15, 0.2) is 42.5 Å². The van der Waals surface area contributed by atoms with Crippen LogP contribution in [0.2, 0.25) is 0 Å². The van der Waals surface area contributed by atoms with Gasteiger partial charge in [0, 0.05) is 18.2 Å². The van der Waals surface area contributed by atoms with Gasteiger partial charge in [-0.1, -0.05) is 43.3 Å². The smallest absolute Gasteiger partial charge is 0.308 e. The summed E-state index contributed by atoms with van der Waals surface area (Å²) in [6.45, 7) is 1.91. The van der Waals surface area contributed by atoms with Gasteiger partial charge in [0.1, 0.15) is 0 Å². The molecule has 114 valence electrons. The number of carboxylic acid groups (broad SMARTS) is 1. The Kier molecular flexibility index (Phi) is 3.84. The van der Waals surface area contributed by atoms with Crippen LogP contribution in [0.1, 0.15) is 30.1 Å². The third kappa shape index (κ3) is 2.82. The molecular formula is C18H19NO3. The second-order valence-electron chi connectivity index (χ2n) is 5.95. The number of benzene rings is 2. The summed E-state index contributed by atoms with van der Waals surface area (Å²) in [5, 5.41) is 11.1. The lowest BCUT2D eigenvalue weighted by Gasteiger charge is -2.25. The molecule has 3 rings (SSSR count). The summed E-state index contributed by atoms with van der Waals surface area (Å²) < 4.78 is 0. The molecule has 0 bridgehead atoms. The quantitative estimate of drug-likeness (QED) is 0.922. The average molecular weight is 297 g/mol. The van der Waals surface area contributed by atoms with Crippen molar-refractivity contribution >= 4 is 22.6 Å². The number of hydrogen-bond acceptors (Lipinski definition) is 2. The van der Waals surface area contributed by atoms with Crippen LogP contribution in [-0.4, -0.2) is 34.5 Å². The molecule has 22 heavy (non-hydrogen) atoms. The van der Waals surface area contributed by atoms with E-state index in [9.17, 15) is 9.59 Å². The molecule has 1 saturated carbocycles. The standard InChI is InChI=1S/C18H19NO3/c1-12(18(21)22)11-19(14-9-10-14)17(20)16-8-4-6-13-5-2-3-7-15(13)16/h2-8,12,14H,9-11H2,1H3,(H,21,22)/t12-/m1/s1. The largest absolute Gasteiger partial charge is 0.481 e. The summed E-state index contributed by atoms with van der Waals surface area (Å²) in [5.41, 5.74) is 0.655. The van der Waals surface area contributed by atoms with E-state index in [0.717, 1.165) is 23.6 Å². The van der Waals surface area contributed by atoms with Gasteiger partial charge in [-0.3, -0.25) is 9.59 Å². The molecule has 4 heteroatoms. The maximum atomic E-state index is 12.9. The first kappa shape index (κ1) is 14.6. The van der Waals surface area contributed by atoms with E-state index in [1.807, 2.05) is 42.5 Å². The van der Waals surface area contributed by atoms with Crippen LogP contribution in [0.3, 0.4) is 0 Å². The second-order valence-corrected chi connectivity index (χ2v) is 5.95. The van der Waals surface area contributed by atoms with Crippen LogP contribution in [-0.2, 0) is 4.79 Å². The molecule has 0 spiro atoms. The third-order valence-electron chi connectivity index (χ3n) is 4.16. The van der Waals surface area contributed by atoms with Crippen LogP contribution in [0.5, 0.6) is 0 Å². The zero-order valence-electron chi connectivity index (χ0n) is 12.5. The number of aliphatic carboxylic acids is 1. The molecule has 1 N–H and O–H groups in total. The maximum Gasteiger partial charge on any atom is 0.308 e. The number of carbonyl (C=O) groups excluding carboxylic acids is 1. The Balaban J connectivity index is 1.94. The van der Waals surface area contributed by atoms with Crippen molar-refractivity contribution < 1.29 is 14.7 Å². The van der Waals surface area contributed by atoms with Gasteiger partial charge in [-0.15, -0.1) is 0 Å². The number of nitrogens with zero attached hydrogens (tertiary/aromatic N) is 1. The zero-order valence-corrected chi connectivity index (χ0v) is 12.5. The molecule has 2 aromatic carbocycles. The fraction of sp³-hybridized carbons (Fsp3) is 0.333. The van der Waals surface area contributed by atoms with Crippen molar-refractivity contribution in [1.29, 1.82) is 0 Å². The summed E-state index contributed by atoms with van der Waals surface area (Å²) in [6.07, 6.45) is 1.92. The number of amides is 1. The fourth-order valence-corrected chi connectivity index (χ4v) is 2.72. The monoisotopic (exact) mass is 297 g/mol. The Morgan fingerprint density at radius 2 is 1.86 bits per heavy atom. The van der Waals surface area contributed by atoms with Gasteiger partial charge in [0.2, 0.25) is 0 Å². The van der Waals surface area contributed by atoms with Crippen molar-refractivity contribution in [3.63, 3.8) is 0 Å². The lowest BCUT2D eigenvalue weighted by Crippen LogP contribution is -2.38. The number of carboxylic acids is 1. The first-order valence-electron chi connectivity index (χ1n) is 7.59. The maximum absolute atomic E-state index is 12.9. The number of carbonyl (C=O) groups is 2. The third-order valence-corrected chi connectivity index (χ3v) is 4.16. The highest BCUT2D eigenvalue weighted by atomic mass is 16.4. The van der Waals surface area contributed by atoms with Gasteiger partial charge < -0.3 is 10.0 Å². The zero-order chi connectivity index (χ0) is 15.7. The van der Waals surface area contributed by atoms with Gasteiger partial charge in [0.05, 0.1) is 5.92 Å². The summed E-state index contributed by atoms with van der Waals surface area (Å²) in [5.74, 6) is -1.48. The molecule has 0 unspecified atom stereocenters. The summed E-state index contributed by atoms with van der Waals surface area (Å²) in [6, 6.07) is 13.7. The van der Waals surface area contributed by atoms with Gasteiger partial charge in [0.25, 0.3) is 5.91 Å². The van der Waals surface area contributed by atoms with E-state index in [4.69, 9.17) is 5.11 Å². The van der Waals surface area contributed by atoms with E-state index in [0.29, 0.717) is 5.56 Å². The second kappa shape index (κ2) is 5.79. The molecule has 0 radical (unpaired) electrons. The van der Waals surface area contributed by atoms with Crippen LogP contribution in [0.25, 0.3) is 10.8 Å². The molecule has 0 aliphatic heterocycles.